The van der Waals surface area contributed by atoms with Crippen LogP contribution in [0, 0.1) is 5.41 Å². The van der Waals surface area contributed by atoms with E-state index in [-0.39, 0.29) is 17.4 Å². The SMILES string of the molecule is CC(C)(C)C(=O)N1CCN(C(c2ccccc2)c2ccc(Cl)cc2)CC1. The highest BCUT2D eigenvalue weighted by Crippen LogP contribution is 2.31. The van der Waals surface area contributed by atoms with E-state index in [0.717, 1.165) is 31.2 Å². The first kappa shape index (κ1) is 18.9. The first-order valence-electron chi connectivity index (χ1n) is 9.20. The number of hydrogen-bond acceptors (Lipinski definition) is 2. The van der Waals surface area contributed by atoms with Crippen molar-refractivity contribution in [3.8, 4) is 0 Å². The topological polar surface area (TPSA) is 23.6 Å². The fraction of sp³-hybridized carbons (Fsp3) is 0.409. The van der Waals surface area contributed by atoms with Crippen LogP contribution in [0.2, 0.25) is 5.02 Å². The average molecular weight is 371 g/mol. The quantitative estimate of drug-likeness (QED) is 0.787. The van der Waals surface area contributed by atoms with Gasteiger partial charge in [0.05, 0.1) is 6.04 Å². The number of carbonyl (C=O) groups excluding carboxylic acids is 1. The Balaban J connectivity index is 1.81. The highest BCUT2D eigenvalue weighted by atomic mass is 35.5. The summed E-state index contributed by atoms with van der Waals surface area (Å²) in [6.07, 6.45) is 0. The van der Waals surface area contributed by atoms with Gasteiger partial charge in [-0.25, -0.2) is 0 Å². The van der Waals surface area contributed by atoms with Crippen molar-refractivity contribution in [2.75, 3.05) is 26.2 Å². The fourth-order valence-corrected chi connectivity index (χ4v) is 3.68. The van der Waals surface area contributed by atoms with Crippen LogP contribution in [0.25, 0.3) is 0 Å². The lowest BCUT2D eigenvalue weighted by molar-refractivity contribution is -0.141. The predicted octanol–water partition coefficient (Wildman–Crippen LogP) is 4.62. The Hall–Kier alpha value is -1.84. The Morgan fingerprint density at radius 2 is 1.42 bits per heavy atom. The minimum Gasteiger partial charge on any atom is -0.340 e. The molecule has 1 amide bonds. The van der Waals surface area contributed by atoms with E-state index < -0.39 is 0 Å². The molecular formula is C22H27ClN2O. The van der Waals surface area contributed by atoms with Crippen molar-refractivity contribution in [2.24, 2.45) is 5.41 Å². The highest BCUT2D eigenvalue weighted by Gasteiger charge is 2.32. The Labute approximate surface area is 161 Å². The summed E-state index contributed by atoms with van der Waals surface area (Å²) in [5.41, 5.74) is 2.18. The molecule has 0 spiro atoms. The van der Waals surface area contributed by atoms with E-state index in [1.807, 2.05) is 43.9 Å². The van der Waals surface area contributed by atoms with Crippen molar-refractivity contribution in [1.82, 2.24) is 9.80 Å². The number of hydrogen-bond donors (Lipinski definition) is 0. The van der Waals surface area contributed by atoms with Crippen LogP contribution in [0.4, 0.5) is 0 Å². The largest absolute Gasteiger partial charge is 0.340 e. The van der Waals surface area contributed by atoms with Crippen molar-refractivity contribution in [3.63, 3.8) is 0 Å². The minimum absolute atomic E-state index is 0.181. The molecule has 138 valence electrons. The molecule has 1 aliphatic heterocycles. The standard InChI is InChI=1S/C22H27ClN2O/c1-22(2,3)21(26)25-15-13-24(14-16-25)20(17-7-5-4-6-8-17)18-9-11-19(23)12-10-18/h4-12,20H,13-16H2,1-3H3. The molecule has 1 saturated heterocycles. The van der Waals surface area contributed by atoms with Crippen molar-refractivity contribution >= 4 is 17.5 Å². The number of benzene rings is 2. The first-order chi connectivity index (χ1) is 12.4. The third-order valence-corrected chi connectivity index (χ3v) is 5.16. The summed E-state index contributed by atoms with van der Waals surface area (Å²) in [6, 6.07) is 18.8. The van der Waals surface area contributed by atoms with Crippen LogP contribution in [0.3, 0.4) is 0 Å². The third-order valence-electron chi connectivity index (χ3n) is 4.91. The van der Waals surface area contributed by atoms with Crippen molar-refractivity contribution < 1.29 is 4.79 Å². The van der Waals surface area contributed by atoms with E-state index in [2.05, 4.69) is 41.3 Å². The van der Waals surface area contributed by atoms with Gasteiger partial charge >= 0.3 is 0 Å². The van der Waals surface area contributed by atoms with Crippen LogP contribution in [0.5, 0.6) is 0 Å². The second-order valence-electron chi connectivity index (χ2n) is 7.94. The van der Waals surface area contributed by atoms with E-state index in [1.54, 1.807) is 0 Å². The monoisotopic (exact) mass is 370 g/mol. The van der Waals surface area contributed by atoms with Gasteiger partial charge in [0.25, 0.3) is 0 Å². The number of carbonyl (C=O) groups is 1. The van der Waals surface area contributed by atoms with Gasteiger partial charge in [-0.05, 0) is 23.3 Å². The number of nitrogens with zero attached hydrogens (tertiary/aromatic N) is 2. The number of amides is 1. The molecule has 1 unspecified atom stereocenters. The molecule has 1 aliphatic rings. The summed E-state index contributed by atoms with van der Waals surface area (Å²) >= 11 is 6.09. The van der Waals surface area contributed by atoms with Gasteiger partial charge in [0.1, 0.15) is 0 Å². The zero-order valence-electron chi connectivity index (χ0n) is 15.8. The van der Waals surface area contributed by atoms with Crippen LogP contribution >= 0.6 is 11.6 Å². The number of halogens is 1. The molecule has 1 heterocycles. The maximum absolute atomic E-state index is 12.6. The number of rotatable bonds is 3. The normalized spacial score (nSPS) is 17.2. The lowest BCUT2D eigenvalue weighted by Gasteiger charge is -2.41. The molecule has 2 aromatic carbocycles. The van der Waals surface area contributed by atoms with Gasteiger partial charge in [0.15, 0.2) is 0 Å². The molecule has 0 N–H and O–H groups in total. The van der Waals surface area contributed by atoms with E-state index in [4.69, 9.17) is 11.6 Å². The molecule has 26 heavy (non-hydrogen) atoms. The van der Waals surface area contributed by atoms with Gasteiger partial charge in [-0.15, -0.1) is 0 Å². The summed E-state index contributed by atoms with van der Waals surface area (Å²) in [7, 11) is 0. The van der Waals surface area contributed by atoms with Crippen LogP contribution in [0.15, 0.2) is 54.6 Å². The van der Waals surface area contributed by atoms with Crippen molar-refractivity contribution in [3.05, 3.63) is 70.7 Å². The molecule has 0 bridgehead atoms. The minimum atomic E-state index is -0.322. The first-order valence-corrected chi connectivity index (χ1v) is 9.58. The fourth-order valence-electron chi connectivity index (χ4n) is 3.55. The van der Waals surface area contributed by atoms with Crippen molar-refractivity contribution in [2.45, 2.75) is 26.8 Å². The molecule has 0 saturated carbocycles. The molecule has 0 radical (unpaired) electrons. The molecule has 4 heteroatoms. The van der Waals surface area contributed by atoms with Crippen molar-refractivity contribution in [1.29, 1.82) is 0 Å². The third kappa shape index (κ3) is 4.28. The van der Waals surface area contributed by atoms with Gasteiger partial charge in [-0.2, -0.15) is 0 Å². The molecule has 0 aliphatic carbocycles. The second-order valence-corrected chi connectivity index (χ2v) is 8.38. The van der Waals surface area contributed by atoms with Gasteiger partial charge in [-0.3, -0.25) is 9.69 Å². The summed E-state index contributed by atoms with van der Waals surface area (Å²) in [6.45, 7) is 9.24. The Kier molecular flexibility index (Phi) is 5.69. The van der Waals surface area contributed by atoms with E-state index >= 15 is 0 Å². The lowest BCUT2D eigenvalue weighted by Crippen LogP contribution is -2.52. The highest BCUT2D eigenvalue weighted by molar-refractivity contribution is 6.30. The predicted molar refractivity (Wildman–Crippen MR) is 107 cm³/mol. The Morgan fingerprint density at radius 3 is 1.96 bits per heavy atom. The zero-order valence-corrected chi connectivity index (χ0v) is 16.5. The van der Waals surface area contributed by atoms with Crippen LogP contribution in [-0.2, 0) is 4.79 Å². The Morgan fingerprint density at radius 1 is 0.885 bits per heavy atom. The van der Waals surface area contributed by atoms with Crippen LogP contribution in [-0.4, -0.2) is 41.9 Å². The summed E-state index contributed by atoms with van der Waals surface area (Å²) in [5, 5.41) is 0.751. The van der Waals surface area contributed by atoms with E-state index in [0.29, 0.717) is 0 Å². The van der Waals surface area contributed by atoms with E-state index in [9.17, 15) is 4.79 Å². The maximum atomic E-state index is 12.6. The zero-order chi connectivity index (χ0) is 18.7. The molecule has 3 nitrogen and oxygen atoms in total. The molecule has 1 fully saturated rings. The lowest BCUT2D eigenvalue weighted by atomic mass is 9.93. The molecule has 1 atom stereocenters. The Bertz CT molecular complexity index is 729. The van der Waals surface area contributed by atoms with Gasteiger partial charge in [0.2, 0.25) is 5.91 Å². The van der Waals surface area contributed by atoms with Crippen LogP contribution < -0.4 is 0 Å². The maximum Gasteiger partial charge on any atom is 0.228 e. The summed E-state index contributed by atoms with van der Waals surface area (Å²) < 4.78 is 0. The molecule has 2 aromatic rings. The average Bonchev–Trinajstić information content (AvgIpc) is 2.64. The summed E-state index contributed by atoms with van der Waals surface area (Å²) in [5.74, 6) is 0.236. The molecular weight excluding hydrogens is 344 g/mol. The summed E-state index contributed by atoms with van der Waals surface area (Å²) in [4.78, 5) is 17.0. The van der Waals surface area contributed by atoms with Gasteiger partial charge in [-0.1, -0.05) is 74.8 Å². The molecule has 3 rings (SSSR count). The number of piperazine rings is 1. The second kappa shape index (κ2) is 7.81. The van der Waals surface area contributed by atoms with Gasteiger partial charge in [0, 0.05) is 36.6 Å². The van der Waals surface area contributed by atoms with E-state index in [1.165, 1.54) is 11.1 Å². The van der Waals surface area contributed by atoms with Gasteiger partial charge < -0.3 is 4.90 Å². The molecule has 0 aromatic heterocycles. The smallest absolute Gasteiger partial charge is 0.228 e. The van der Waals surface area contributed by atoms with Crippen LogP contribution in [0.1, 0.15) is 37.9 Å².